The number of nitrogens with two attached hydrogens (primary N) is 2. The zero-order chi connectivity index (χ0) is 23.8. The molecule has 172 valence electrons. The average Bonchev–Trinajstić information content (AvgIpc) is 3.43. The number of para-hydroxylation sites is 2. The van der Waals surface area contributed by atoms with Crippen LogP contribution in [0.2, 0.25) is 0 Å². The summed E-state index contributed by atoms with van der Waals surface area (Å²) < 4.78 is 0. The van der Waals surface area contributed by atoms with Gasteiger partial charge in [0, 0.05) is 21.2 Å². The van der Waals surface area contributed by atoms with E-state index < -0.39 is 29.0 Å². The fraction of sp³-hybridized carbons (Fsp3) is 0.130. The van der Waals surface area contributed by atoms with E-state index in [2.05, 4.69) is 15.3 Å². The summed E-state index contributed by atoms with van der Waals surface area (Å²) in [6.45, 7) is -0.318. The number of hydrogen-bond donors (Lipinski definition) is 4. The average molecular weight is 493 g/mol. The van der Waals surface area contributed by atoms with Crippen molar-refractivity contribution in [2.45, 2.75) is 16.2 Å². The molecule has 1 aliphatic heterocycles. The number of aromatic amines is 1. The third-order valence-electron chi connectivity index (χ3n) is 5.45. The minimum Gasteiger partial charge on any atom is -0.375 e. The molecule has 0 fully saturated rings. The van der Waals surface area contributed by atoms with E-state index in [-0.39, 0.29) is 6.54 Å². The van der Waals surface area contributed by atoms with Crippen molar-refractivity contribution >= 4 is 62.5 Å². The highest BCUT2D eigenvalue weighted by Crippen LogP contribution is 2.46. The number of anilines is 2. The van der Waals surface area contributed by atoms with Gasteiger partial charge in [0.25, 0.3) is 11.8 Å². The van der Waals surface area contributed by atoms with Crippen molar-refractivity contribution in [1.82, 2.24) is 15.3 Å². The molecule has 1 aliphatic rings. The van der Waals surface area contributed by atoms with Gasteiger partial charge in [0.1, 0.15) is 18.3 Å². The van der Waals surface area contributed by atoms with Crippen molar-refractivity contribution in [3.63, 3.8) is 0 Å². The summed E-state index contributed by atoms with van der Waals surface area (Å²) >= 11 is 2.63. The molecule has 9 nitrogen and oxygen atoms in total. The number of nitrogen functional groups attached to an aromatic ring is 1. The van der Waals surface area contributed by atoms with Crippen molar-refractivity contribution in [1.29, 1.82) is 0 Å². The predicted molar refractivity (Wildman–Crippen MR) is 133 cm³/mol. The summed E-state index contributed by atoms with van der Waals surface area (Å²) in [6, 6.07) is 15.4. The lowest BCUT2D eigenvalue weighted by Gasteiger charge is -2.27. The van der Waals surface area contributed by atoms with E-state index in [1.807, 2.05) is 36.4 Å². The molecule has 3 heterocycles. The Morgan fingerprint density at radius 2 is 1.91 bits per heavy atom. The first-order valence-electron chi connectivity index (χ1n) is 10.4. The van der Waals surface area contributed by atoms with Crippen molar-refractivity contribution in [3.8, 4) is 0 Å². The second-order valence-electron chi connectivity index (χ2n) is 7.73. The van der Waals surface area contributed by atoms with Gasteiger partial charge < -0.3 is 26.7 Å². The van der Waals surface area contributed by atoms with Crippen molar-refractivity contribution in [2.75, 3.05) is 17.2 Å². The maximum absolute atomic E-state index is 13.8. The standard InChI is InChI=1S/C23H20N6O3S2/c24-18(30)10-29-16-7-3-4-8-17(16)34-20(15-11-33-23(25)27-15)19(22(29)32)28-21(31)14-9-12-5-1-2-6-13(12)26-14/h1-9,11,19-20,26H,10H2,(H2,24,30)(H2,25,27)(H,28,31). The Hall–Kier alpha value is -3.83. The summed E-state index contributed by atoms with van der Waals surface area (Å²) in [5.74, 6) is -1.57. The second kappa shape index (κ2) is 8.84. The number of nitrogens with zero attached hydrogens (tertiary/aromatic N) is 2. The van der Waals surface area contributed by atoms with Crippen LogP contribution in [-0.2, 0) is 9.59 Å². The number of fused-ring (bicyclic) bond motifs is 2. The van der Waals surface area contributed by atoms with E-state index >= 15 is 0 Å². The Balaban J connectivity index is 1.57. The number of nitrogens with one attached hydrogen (secondary N) is 2. The molecular formula is C23H20N6O3S2. The van der Waals surface area contributed by atoms with Crippen LogP contribution in [0.1, 0.15) is 21.4 Å². The molecule has 2 atom stereocenters. The van der Waals surface area contributed by atoms with Gasteiger partial charge in [-0.3, -0.25) is 14.4 Å². The molecule has 0 saturated carbocycles. The number of rotatable bonds is 5. The van der Waals surface area contributed by atoms with E-state index in [4.69, 9.17) is 11.5 Å². The van der Waals surface area contributed by atoms with Crippen molar-refractivity contribution < 1.29 is 14.4 Å². The number of thioether (sulfide) groups is 1. The van der Waals surface area contributed by atoms with Crippen LogP contribution in [0.3, 0.4) is 0 Å². The number of hydrogen-bond acceptors (Lipinski definition) is 7. The minimum absolute atomic E-state index is 0.318. The van der Waals surface area contributed by atoms with Gasteiger partial charge in [-0.05, 0) is 24.3 Å². The number of thiazole rings is 1. The molecule has 2 aromatic heterocycles. The Labute approximate surface area is 202 Å². The van der Waals surface area contributed by atoms with Gasteiger partial charge in [-0.15, -0.1) is 23.1 Å². The van der Waals surface area contributed by atoms with Crippen LogP contribution in [0.5, 0.6) is 0 Å². The Bertz CT molecular complexity index is 1380. The first-order valence-corrected chi connectivity index (χ1v) is 12.1. The highest BCUT2D eigenvalue weighted by Gasteiger charge is 2.41. The van der Waals surface area contributed by atoms with Crippen LogP contribution in [0.25, 0.3) is 10.9 Å². The van der Waals surface area contributed by atoms with Gasteiger partial charge in [0.15, 0.2) is 5.13 Å². The van der Waals surface area contributed by atoms with E-state index in [1.54, 1.807) is 23.6 Å². The molecule has 3 amide bonds. The minimum atomic E-state index is -1.03. The first kappa shape index (κ1) is 22.0. The third-order valence-corrected chi connectivity index (χ3v) is 7.51. The fourth-order valence-corrected chi connectivity index (χ4v) is 5.91. The largest absolute Gasteiger partial charge is 0.375 e. The topological polar surface area (TPSA) is 147 Å². The summed E-state index contributed by atoms with van der Waals surface area (Å²) in [5.41, 5.74) is 13.6. The lowest BCUT2D eigenvalue weighted by Crippen LogP contribution is -2.52. The van der Waals surface area contributed by atoms with Gasteiger partial charge in [-0.2, -0.15) is 0 Å². The zero-order valence-electron chi connectivity index (χ0n) is 17.7. The monoisotopic (exact) mass is 492 g/mol. The molecule has 6 N–H and O–H groups in total. The molecule has 0 radical (unpaired) electrons. The molecule has 0 bridgehead atoms. The summed E-state index contributed by atoms with van der Waals surface area (Å²) in [5, 5.41) is 5.30. The number of aromatic nitrogens is 2. The lowest BCUT2D eigenvalue weighted by atomic mass is 10.1. The molecule has 4 aromatic rings. The Kier molecular flexibility index (Phi) is 5.72. The molecular weight excluding hydrogens is 472 g/mol. The third kappa shape index (κ3) is 4.11. The van der Waals surface area contributed by atoms with Gasteiger partial charge in [0.05, 0.1) is 16.6 Å². The molecule has 0 spiro atoms. The molecule has 0 saturated heterocycles. The first-order chi connectivity index (χ1) is 16.4. The normalized spacial score (nSPS) is 17.9. The SMILES string of the molecule is NC(=O)CN1C(=O)C(NC(=O)c2cc3ccccc3[nH]2)C(c2csc(N)n2)Sc2ccccc21. The van der Waals surface area contributed by atoms with E-state index in [0.717, 1.165) is 15.8 Å². The van der Waals surface area contributed by atoms with Crippen LogP contribution in [0.4, 0.5) is 10.8 Å². The molecule has 11 heteroatoms. The zero-order valence-corrected chi connectivity index (χ0v) is 19.4. The number of carbonyl (C=O) groups excluding carboxylic acids is 3. The van der Waals surface area contributed by atoms with Crippen LogP contribution in [-0.4, -0.2) is 40.3 Å². The second-order valence-corrected chi connectivity index (χ2v) is 9.80. The quantitative estimate of drug-likeness (QED) is 0.337. The lowest BCUT2D eigenvalue weighted by molar-refractivity contribution is -0.123. The van der Waals surface area contributed by atoms with Crippen molar-refractivity contribution in [3.05, 3.63) is 71.4 Å². The van der Waals surface area contributed by atoms with Crippen molar-refractivity contribution in [2.24, 2.45) is 5.73 Å². The number of primary amides is 1. The summed E-state index contributed by atoms with van der Waals surface area (Å²) in [6.07, 6.45) is 0. The molecule has 2 unspecified atom stereocenters. The van der Waals surface area contributed by atoms with E-state index in [0.29, 0.717) is 22.2 Å². The van der Waals surface area contributed by atoms with Crippen LogP contribution >= 0.6 is 23.1 Å². The van der Waals surface area contributed by atoms with Gasteiger partial charge in [0.2, 0.25) is 5.91 Å². The van der Waals surface area contributed by atoms with Crippen LogP contribution in [0, 0.1) is 0 Å². The highest BCUT2D eigenvalue weighted by atomic mass is 32.2. The number of amides is 3. The highest BCUT2D eigenvalue weighted by molar-refractivity contribution is 7.99. The van der Waals surface area contributed by atoms with E-state index in [9.17, 15) is 14.4 Å². The number of benzene rings is 2. The summed E-state index contributed by atoms with van der Waals surface area (Å²) in [4.78, 5) is 48.5. The molecule has 5 rings (SSSR count). The maximum Gasteiger partial charge on any atom is 0.268 e. The van der Waals surface area contributed by atoms with Gasteiger partial charge >= 0.3 is 0 Å². The number of H-pyrrole nitrogens is 1. The molecule has 0 aliphatic carbocycles. The molecule has 34 heavy (non-hydrogen) atoms. The van der Waals surface area contributed by atoms with Crippen LogP contribution in [0.15, 0.2) is 64.9 Å². The Morgan fingerprint density at radius 3 is 2.65 bits per heavy atom. The molecule has 2 aromatic carbocycles. The summed E-state index contributed by atoms with van der Waals surface area (Å²) in [7, 11) is 0. The van der Waals surface area contributed by atoms with Gasteiger partial charge in [-0.1, -0.05) is 30.3 Å². The maximum atomic E-state index is 13.8. The fourth-order valence-electron chi connectivity index (χ4n) is 3.93. The van der Waals surface area contributed by atoms with Crippen LogP contribution < -0.4 is 21.7 Å². The smallest absolute Gasteiger partial charge is 0.268 e. The predicted octanol–water partition coefficient (Wildman–Crippen LogP) is 2.67. The van der Waals surface area contributed by atoms with Gasteiger partial charge in [-0.25, -0.2) is 4.98 Å². The number of carbonyl (C=O) groups is 3. The van der Waals surface area contributed by atoms with E-state index in [1.165, 1.54) is 28.0 Å². The Morgan fingerprint density at radius 1 is 1.15 bits per heavy atom.